The quantitative estimate of drug-likeness (QED) is 0.736. The van der Waals surface area contributed by atoms with E-state index < -0.39 is 5.24 Å². The highest BCUT2D eigenvalue weighted by molar-refractivity contribution is 9.10. The lowest BCUT2D eigenvalue weighted by molar-refractivity contribution is 0.107. The smallest absolute Gasteiger partial charge is 0.272 e. The summed E-state index contributed by atoms with van der Waals surface area (Å²) < 4.78 is 2.27. The fourth-order valence-electron chi connectivity index (χ4n) is 0.950. The van der Waals surface area contributed by atoms with Crippen LogP contribution in [0.5, 0.6) is 0 Å². The number of rotatable bonds is 1. The number of carbonyl (C=O) groups excluding carboxylic acids is 1. The highest BCUT2D eigenvalue weighted by atomic mass is 79.9. The van der Waals surface area contributed by atoms with Crippen molar-refractivity contribution in [3.63, 3.8) is 0 Å². The van der Waals surface area contributed by atoms with E-state index in [1.165, 1.54) is 10.6 Å². The summed E-state index contributed by atoms with van der Waals surface area (Å²) in [4.78, 5) is 14.8. The predicted molar refractivity (Wildman–Crippen MR) is 50.9 cm³/mol. The summed E-state index contributed by atoms with van der Waals surface area (Å²) in [6.07, 6.45) is 3.32. The van der Waals surface area contributed by atoms with Gasteiger partial charge in [-0.3, -0.25) is 4.79 Å². The lowest BCUT2D eigenvalue weighted by atomic mass is 10.5. The molecule has 0 aliphatic rings. The standard InChI is InChI=1S/C7H3BrClN3O/c8-4-2-10-6-1-5(7(9)13)11-12(6)3-4/h1-3H. The molecule has 4 nitrogen and oxygen atoms in total. The molecule has 0 N–H and O–H groups in total. The average molecular weight is 260 g/mol. The number of hydrogen-bond donors (Lipinski definition) is 0. The Morgan fingerprint density at radius 3 is 3.08 bits per heavy atom. The van der Waals surface area contributed by atoms with E-state index >= 15 is 0 Å². The van der Waals surface area contributed by atoms with Gasteiger partial charge in [0.15, 0.2) is 5.65 Å². The van der Waals surface area contributed by atoms with Crippen LogP contribution in [-0.4, -0.2) is 19.8 Å². The van der Waals surface area contributed by atoms with Gasteiger partial charge in [-0.15, -0.1) is 0 Å². The lowest BCUT2D eigenvalue weighted by Gasteiger charge is -1.90. The van der Waals surface area contributed by atoms with Gasteiger partial charge in [-0.05, 0) is 27.5 Å². The number of aromatic nitrogens is 3. The molecule has 0 aliphatic carbocycles. The third-order valence-electron chi connectivity index (χ3n) is 1.48. The zero-order valence-electron chi connectivity index (χ0n) is 6.24. The van der Waals surface area contributed by atoms with E-state index in [2.05, 4.69) is 26.0 Å². The minimum absolute atomic E-state index is 0.201. The fraction of sp³-hybridized carbons (Fsp3) is 0. The van der Waals surface area contributed by atoms with Crippen LogP contribution in [0, 0.1) is 0 Å². The molecular formula is C7H3BrClN3O. The van der Waals surface area contributed by atoms with Crippen LogP contribution in [0.15, 0.2) is 22.9 Å². The molecular weight excluding hydrogens is 257 g/mol. The number of hydrogen-bond acceptors (Lipinski definition) is 3. The molecule has 6 heteroatoms. The first-order valence-electron chi connectivity index (χ1n) is 3.37. The summed E-state index contributed by atoms with van der Waals surface area (Å²) in [6.45, 7) is 0. The Morgan fingerprint density at radius 1 is 1.62 bits per heavy atom. The second kappa shape index (κ2) is 3.08. The molecule has 2 aromatic heterocycles. The molecule has 0 aromatic carbocycles. The zero-order valence-corrected chi connectivity index (χ0v) is 8.58. The average Bonchev–Trinajstić information content (AvgIpc) is 2.46. The van der Waals surface area contributed by atoms with E-state index in [1.54, 1.807) is 12.4 Å². The van der Waals surface area contributed by atoms with Crippen molar-refractivity contribution in [2.45, 2.75) is 0 Å². The van der Waals surface area contributed by atoms with E-state index in [-0.39, 0.29) is 5.69 Å². The molecule has 13 heavy (non-hydrogen) atoms. The molecule has 0 unspecified atom stereocenters. The van der Waals surface area contributed by atoms with E-state index in [0.717, 1.165) is 4.47 Å². The maximum Gasteiger partial charge on any atom is 0.272 e. The summed E-state index contributed by atoms with van der Waals surface area (Å²) in [5.74, 6) is 0. The van der Waals surface area contributed by atoms with Crippen LogP contribution in [0.2, 0.25) is 0 Å². The molecule has 0 bridgehead atoms. The molecule has 0 atom stereocenters. The van der Waals surface area contributed by atoms with Gasteiger partial charge in [-0.1, -0.05) is 0 Å². The Bertz CT molecular complexity index is 482. The number of halogens is 2. The van der Waals surface area contributed by atoms with Crippen LogP contribution in [0.1, 0.15) is 10.5 Å². The van der Waals surface area contributed by atoms with Crippen LogP contribution in [0.4, 0.5) is 0 Å². The summed E-state index contributed by atoms with van der Waals surface area (Å²) in [5.41, 5.74) is 0.791. The van der Waals surface area contributed by atoms with E-state index in [4.69, 9.17) is 11.6 Å². The minimum atomic E-state index is -0.582. The Kier molecular flexibility index (Phi) is 2.05. The molecule has 0 saturated carbocycles. The van der Waals surface area contributed by atoms with Crippen LogP contribution >= 0.6 is 27.5 Å². The third-order valence-corrected chi connectivity index (χ3v) is 2.09. The molecule has 0 aliphatic heterocycles. The first-order valence-corrected chi connectivity index (χ1v) is 4.54. The van der Waals surface area contributed by atoms with Crippen molar-refractivity contribution >= 4 is 38.4 Å². The topological polar surface area (TPSA) is 47.3 Å². The fourth-order valence-corrected chi connectivity index (χ4v) is 1.34. The van der Waals surface area contributed by atoms with Crippen molar-refractivity contribution in [2.75, 3.05) is 0 Å². The molecule has 0 radical (unpaired) electrons. The van der Waals surface area contributed by atoms with Gasteiger partial charge in [0.25, 0.3) is 5.24 Å². The Hall–Kier alpha value is -0.940. The summed E-state index contributed by atoms with van der Waals surface area (Å²) in [6, 6.07) is 1.53. The first kappa shape index (κ1) is 8.65. The van der Waals surface area contributed by atoms with E-state index in [9.17, 15) is 4.79 Å². The van der Waals surface area contributed by atoms with Gasteiger partial charge in [0, 0.05) is 18.5 Å². The lowest BCUT2D eigenvalue weighted by Crippen LogP contribution is -1.92. The van der Waals surface area contributed by atoms with Gasteiger partial charge in [-0.2, -0.15) is 5.10 Å². The van der Waals surface area contributed by atoms with Crippen molar-refractivity contribution in [3.05, 3.63) is 28.6 Å². The summed E-state index contributed by atoms with van der Waals surface area (Å²) in [5, 5.41) is 3.33. The van der Waals surface area contributed by atoms with Gasteiger partial charge in [-0.25, -0.2) is 9.50 Å². The van der Waals surface area contributed by atoms with Gasteiger partial charge in [0.2, 0.25) is 0 Å². The summed E-state index contributed by atoms with van der Waals surface area (Å²) in [7, 11) is 0. The Balaban J connectivity index is 2.68. The highest BCUT2D eigenvalue weighted by Crippen LogP contribution is 2.10. The van der Waals surface area contributed by atoms with Crippen molar-refractivity contribution in [2.24, 2.45) is 0 Å². The van der Waals surface area contributed by atoms with Crippen molar-refractivity contribution in [1.82, 2.24) is 14.6 Å². The molecule has 2 heterocycles. The normalized spacial score (nSPS) is 10.6. The van der Waals surface area contributed by atoms with Crippen LogP contribution < -0.4 is 0 Å². The van der Waals surface area contributed by atoms with Crippen LogP contribution in [0.25, 0.3) is 5.65 Å². The van der Waals surface area contributed by atoms with Crippen LogP contribution in [0.3, 0.4) is 0 Å². The van der Waals surface area contributed by atoms with Gasteiger partial charge in [0.1, 0.15) is 5.69 Å². The Labute approximate surface area is 86.7 Å². The van der Waals surface area contributed by atoms with E-state index in [0.29, 0.717) is 5.65 Å². The maximum atomic E-state index is 10.8. The van der Waals surface area contributed by atoms with Crippen molar-refractivity contribution < 1.29 is 4.79 Å². The second-order valence-electron chi connectivity index (χ2n) is 2.38. The number of fused-ring (bicyclic) bond motifs is 1. The number of nitrogens with zero attached hydrogens (tertiary/aromatic N) is 3. The summed E-state index contributed by atoms with van der Waals surface area (Å²) >= 11 is 8.50. The van der Waals surface area contributed by atoms with Gasteiger partial charge < -0.3 is 0 Å². The molecule has 0 spiro atoms. The number of carbonyl (C=O) groups is 1. The largest absolute Gasteiger partial charge is 0.274 e. The van der Waals surface area contributed by atoms with Crippen molar-refractivity contribution in [1.29, 1.82) is 0 Å². The SMILES string of the molecule is O=C(Cl)c1cc2ncc(Br)cn2n1. The molecule has 2 aromatic rings. The molecule has 0 saturated heterocycles. The molecule has 0 fully saturated rings. The van der Waals surface area contributed by atoms with E-state index in [1.807, 2.05) is 0 Å². The monoisotopic (exact) mass is 259 g/mol. The third kappa shape index (κ3) is 1.57. The predicted octanol–water partition coefficient (Wildman–Crippen LogP) is 1.87. The maximum absolute atomic E-state index is 10.8. The zero-order chi connectivity index (χ0) is 9.42. The molecule has 0 amide bonds. The van der Waals surface area contributed by atoms with Gasteiger partial charge in [0.05, 0.1) is 4.47 Å². The van der Waals surface area contributed by atoms with Crippen LogP contribution in [-0.2, 0) is 0 Å². The molecule has 66 valence electrons. The minimum Gasteiger partial charge on any atom is -0.274 e. The van der Waals surface area contributed by atoms with Gasteiger partial charge >= 0.3 is 0 Å². The Morgan fingerprint density at radius 2 is 2.38 bits per heavy atom. The van der Waals surface area contributed by atoms with Crippen molar-refractivity contribution in [3.8, 4) is 0 Å². The second-order valence-corrected chi connectivity index (χ2v) is 3.64. The highest BCUT2D eigenvalue weighted by Gasteiger charge is 2.08. The first-order chi connectivity index (χ1) is 6.16. The molecule has 2 rings (SSSR count).